The zero-order valence-electron chi connectivity index (χ0n) is 4.91. The number of thioether (sulfide) groups is 1. The van der Waals surface area contributed by atoms with Crippen LogP contribution in [0.5, 0.6) is 0 Å². The highest BCUT2D eigenvalue weighted by Gasteiger charge is 1.82. The molecule has 1 N–H and O–H groups in total. The molecule has 0 heterocycles. The Balaban J connectivity index is 3.24. The Kier molecular flexibility index (Phi) is 5.01. The van der Waals surface area contributed by atoms with Crippen molar-refractivity contribution in [1.82, 2.24) is 0 Å². The number of carbonyl (C=O) groups is 1. The molecule has 2 nitrogen and oxygen atoms in total. The Morgan fingerprint density at radius 1 is 1.78 bits per heavy atom. The van der Waals surface area contributed by atoms with Gasteiger partial charge in [-0.05, 0) is 5.41 Å². The Labute approximate surface area is 58.3 Å². The van der Waals surface area contributed by atoms with Crippen LogP contribution in [-0.2, 0) is 4.79 Å². The molecule has 0 aromatic heterocycles. The van der Waals surface area contributed by atoms with Crippen LogP contribution in [0.15, 0.2) is 24.1 Å². The maximum Gasteiger partial charge on any atom is 0.328 e. The first-order valence-electron chi connectivity index (χ1n) is 2.39. The largest absolute Gasteiger partial charge is 0.478 e. The van der Waals surface area contributed by atoms with Crippen LogP contribution in [0.2, 0.25) is 0 Å². The van der Waals surface area contributed by atoms with Crippen LogP contribution in [0.4, 0.5) is 0 Å². The molecule has 0 aliphatic rings. The summed E-state index contributed by atoms with van der Waals surface area (Å²) in [5, 5.41) is 9.62. The van der Waals surface area contributed by atoms with Crippen molar-refractivity contribution in [2.75, 3.05) is 5.75 Å². The summed E-state index contributed by atoms with van der Waals surface area (Å²) in [4.78, 5) is 9.84. The van der Waals surface area contributed by atoms with E-state index in [0.717, 1.165) is 11.8 Å². The average molecular weight is 144 g/mol. The molecule has 0 aliphatic carbocycles. The Bertz CT molecular complexity index is 129. The topological polar surface area (TPSA) is 37.3 Å². The summed E-state index contributed by atoms with van der Waals surface area (Å²) in [6.45, 7) is 3.48. The lowest BCUT2D eigenvalue weighted by molar-refractivity contribution is -0.131. The van der Waals surface area contributed by atoms with Gasteiger partial charge in [0, 0.05) is 11.8 Å². The maximum atomic E-state index is 9.84. The van der Waals surface area contributed by atoms with Gasteiger partial charge in [0.15, 0.2) is 0 Å². The summed E-state index contributed by atoms with van der Waals surface area (Å²) < 4.78 is 0. The standard InChI is InChI=1S/C6H8O2S/c1-2-4-9-5-3-6(7)8/h2-3,5H,1,4H2,(H,7,8)/b5-3+. The highest BCUT2D eigenvalue weighted by molar-refractivity contribution is 8.02. The van der Waals surface area contributed by atoms with Gasteiger partial charge in [-0.25, -0.2) is 4.79 Å². The van der Waals surface area contributed by atoms with Crippen molar-refractivity contribution in [1.29, 1.82) is 0 Å². The third kappa shape index (κ3) is 7.30. The fourth-order valence-corrected chi connectivity index (χ4v) is 0.690. The molecule has 0 amide bonds. The molecule has 0 aromatic rings. The van der Waals surface area contributed by atoms with Gasteiger partial charge in [-0.1, -0.05) is 6.08 Å². The van der Waals surface area contributed by atoms with Crippen molar-refractivity contribution in [2.45, 2.75) is 0 Å². The van der Waals surface area contributed by atoms with Crippen LogP contribution in [0.25, 0.3) is 0 Å². The molecule has 9 heavy (non-hydrogen) atoms. The minimum Gasteiger partial charge on any atom is -0.478 e. The fourth-order valence-electron chi connectivity index (χ4n) is 0.230. The molecule has 0 aliphatic heterocycles. The van der Waals surface area contributed by atoms with Gasteiger partial charge in [-0.15, -0.1) is 18.3 Å². The summed E-state index contributed by atoms with van der Waals surface area (Å²) in [6.07, 6.45) is 2.82. The van der Waals surface area contributed by atoms with Crippen molar-refractivity contribution >= 4 is 17.7 Å². The first-order chi connectivity index (χ1) is 4.27. The fraction of sp³-hybridized carbons (Fsp3) is 0.167. The number of aliphatic carboxylic acids is 1. The normalized spacial score (nSPS) is 9.78. The van der Waals surface area contributed by atoms with Gasteiger partial charge in [-0.3, -0.25) is 0 Å². The second-order valence-electron chi connectivity index (χ2n) is 1.26. The molecule has 0 spiro atoms. The minimum atomic E-state index is -0.911. The third-order valence-electron chi connectivity index (χ3n) is 0.521. The van der Waals surface area contributed by atoms with Gasteiger partial charge < -0.3 is 5.11 Å². The molecule has 0 fully saturated rings. The molecule has 0 bridgehead atoms. The van der Waals surface area contributed by atoms with Crippen LogP contribution in [0.3, 0.4) is 0 Å². The first kappa shape index (κ1) is 8.30. The van der Waals surface area contributed by atoms with E-state index in [-0.39, 0.29) is 0 Å². The third-order valence-corrected chi connectivity index (χ3v) is 1.28. The Hall–Kier alpha value is -0.700. The number of hydrogen-bond acceptors (Lipinski definition) is 2. The second kappa shape index (κ2) is 5.44. The molecular weight excluding hydrogens is 136 g/mol. The van der Waals surface area contributed by atoms with E-state index >= 15 is 0 Å². The molecule has 0 saturated carbocycles. The Morgan fingerprint density at radius 2 is 2.44 bits per heavy atom. The van der Waals surface area contributed by atoms with E-state index in [2.05, 4.69) is 6.58 Å². The summed E-state index contributed by atoms with van der Waals surface area (Å²) in [7, 11) is 0. The van der Waals surface area contributed by atoms with Crippen molar-refractivity contribution < 1.29 is 9.90 Å². The zero-order valence-corrected chi connectivity index (χ0v) is 5.73. The SMILES string of the molecule is C=CCS/C=C/C(=O)O. The predicted octanol–water partition coefficient (Wildman–Crippen LogP) is 1.50. The summed E-state index contributed by atoms with van der Waals surface area (Å²) in [5.74, 6) is -0.157. The van der Waals surface area contributed by atoms with Crippen LogP contribution >= 0.6 is 11.8 Å². The molecule has 50 valence electrons. The predicted molar refractivity (Wildman–Crippen MR) is 39.4 cm³/mol. The van der Waals surface area contributed by atoms with Crippen LogP contribution < -0.4 is 0 Å². The van der Waals surface area contributed by atoms with Crippen molar-refractivity contribution in [3.63, 3.8) is 0 Å². The number of carboxylic acid groups (broad SMARTS) is 1. The summed E-state index contributed by atoms with van der Waals surface area (Å²) in [5.41, 5.74) is 0. The lowest BCUT2D eigenvalue weighted by Gasteiger charge is -1.81. The van der Waals surface area contributed by atoms with E-state index in [4.69, 9.17) is 5.11 Å². The van der Waals surface area contributed by atoms with E-state index in [1.54, 1.807) is 6.08 Å². The highest BCUT2D eigenvalue weighted by Crippen LogP contribution is 2.00. The molecular formula is C6H8O2S. The van der Waals surface area contributed by atoms with Crippen LogP contribution in [-0.4, -0.2) is 16.8 Å². The van der Waals surface area contributed by atoms with Gasteiger partial charge in [0.1, 0.15) is 0 Å². The van der Waals surface area contributed by atoms with E-state index in [0.29, 0.717) is 0 Å². The molecule has 0 atom stereocenters. The van der Waals surface area contributed by atoms with E-state index in [9.17, 15) is 4.79 Å². The van der Waals surface area contributed by atoms with Gasteiger partial charge in [-0.2, -0.15) is 0 Å². The van der Waals surface area contributed by atoms with Gasteiger partial charge in [0.05, 0.1) is 0 Å². The molecule has 3 heteroatoms. The number of rotatable bonds is 4. The van der Waals surface area contributed by atoms with Gasteiger partial charge in [0.25, 0.3) is 0 Å². The zero-order chi connectivity index (χ0) is 7.11. The monoisotopic (exact) mass is 144 g/mol. The lowest BCUT2D eigenvalue weighted by Crippen LogP contribution is -1.84. The molecule has 0 saturated heterocycles. The quantitative estimate of drug-likeness (QED) is 0.369. The maximum absolute atomic E-state index is 9.84. The van der Waals surface area contributed by atoms with Crippen molar-refractivity contribution in [2.24, 2.45) is 0 Å². The molecule has 0 aromatic carbocycles. The minimum absolute atomic E-state index is 0.754. The van der Waals surface area contributed by atoms with Crippen LogP contribution in [0, 0.1) is 0 Å². The number of hydrogen-bond donors (Lipinski definition) is 1. The lowest BCUT2D eigenvalue weighted by atomic mass is 10.7. The van der Waals surface area contributed by atoms with Crippen molar-refractivity contribution in [3.8, 4) is 0 Å². The second-order valence-corrected chi connectivity index (χ2v) is 2.20. The summed E-state index contributed by atoms with van der Waals surface area (Å²) >= 11 is 1.40. The van der Waals surface area contributed by atoms with Crippen LogP contribution in [0.1, 0.15) is 0 Å². The molecule has 0 rings (SSSR count). The van der Waals surface area contributed by atoms with Gasteiger partial charge in [0.2, 0.25) is 0 Å². The average Bonchev–Trinajstić information content (AvgIpc) is 1.80. The van der Waals surface area contributed by atoms with E-state index in [1.165, 1.54) is 17.2 Å². The first-order valence-corrected chi connectivity index (χ1v) is 3.44. The van der Waals surface area contributed by atoms with E-state index < -0.39 is 5.97 Å². The molecule has 0 unspecified atom stereocenters. The summed E-state index contributed by atoms with van der Waals surface area (Å²) in [6, 6.07) is 0. The number of carboxylic acids is 1. The van der Waals surface area contributed by atoms with E-state index in [1.807, 2.05) is 0 Å². The highest BCUT2D eigenvalue weighted by atomic mass is 32.2. The van der Waals surface area contributed by atoms with Gasteiger partial charge >= 0.3 is 5.97 Å². The smallest absolute Gasteiger partial charge is 0.328 e. The molecule has 0 radical (unpaired) electrons. The van der Waals surface area contributed by atoms with Crippen molar-refractivity contribution in [3.05, 3.63) is 24.1 Å². The Morgan fingerprint density at radius 3 is 2.89 bits per heavy atom.